The number of pyridine rings is 1. The quantitative estimate of drug-likeness (QED) is 0.661. The highest BCUT2D eigenvalue weighted by molar-refractivity contribution is 6.00. The summed E-state index contributed by atoms with van der Waals surface area (Å²) in [5, 5.41) is 7.72. The number of aromatic nitrogens is 1. The zero-order chi connectivity index (χ0) is 14.7. The lowest BCUT2D eigenvalue weighted by atomic mass is 10.1. The molecule has 20 heavy (non-hydrogen) atoms. The van der Waals surface area contributed by atoms with Crippen LogP contribution in [0.5, 0.6) is 0 Å². The molecule has 0 spiro atoms. The van der Waals surface area contributed by atoms with Crippen LogP contribution in [0.3, 0.4) is 0 Å². The first-order valence-electron chi connectivity index (χ1n) is 6.69. The summed E-state index contributed by atoms with van der Waals surface area (Å²) in [4.78, 5) is 6.64. The number of nitrogen functional groups attached to an aromatic ring is 1. The van der Waals surface area contributed by atoms with Crippen molar-refractivity contribution in [1.82, 2.24) is 4.98 Å². The van der Waals surface area contributed by atoms with Crippen LogP contribution in [0.4, 0.5) is 11.5 Å². The predicted octanol–water partition coefficient (Wildman–Crippen LogP) is 3.14. The Balaban J connectivity index is 2.53. The van der Waals surface area contributed by atoms with Crippen LogP contribution in [0.25, 0.3) is 0 Å². The normalized spacial score (nSPS) is 10.3. The van der Waals surface area contributed by atoms with E-state index in [2.05, 4.69) is 48.0 Å². The summed E-state index contributed by atoms with van der Waals surface area (Å²) >= 11 is 0. The third-order valence-electron chi connectivity index (χ3n) is 3.22. The second-order valence-electron chi connectivity index (χ2n) is 4.82. The largest absolute Gasteiger partial charge is 0.384 e. The van der Waals surface area contributed by atoms with Crippen LogP contribution in [0.15, 0.2) is 36.4 Å². The Morgan fingerprint density at radius 1 is 1.15 bits per heavy atom. The number of nitrogens with zero attached hydrogens (tertiary/aromatic N) is 2. The van der Waals surface area contributed by atoms with Gasteiger partial charge < -0.3 is 10.6 Å². The first kappa shape index (κ1) is 14.1. The number of aryl methyl sites for hydroxylation is 2. The summed E-state index contributed by atoms with van der Waals surface area (Å²) in [5.74, 6) is 0.780. The number of hydrogen-bond donors (Lipinski definition) is 2. The Morgan fingerprint density at radius 2 is 1.80 bits per heavy atom. The highest BCUT2D eigenvalue weighted by Crippen LogP contribution is 2.27. The van der Waals surface area contributed by atoms with Crippen molar-refractivity contribution in [3.8, 4) is 0 Å². The summed E-state index contributed by atoms with van der Waals surface area (Å²) in [6, 6.07) is 12.0. The summed E-state index contributed by atoms with van der Waals surface area (Å²) in [7, 11) is 0. The van der Waals surface area contributed by atoms with Gasteiger partial charge in [0.25, 0.3) is 0 Å². The van der Waals surface area contributed by atoms with Gasteiger partial charge in [0.15, 0.2) is 0 Å². The molecule has 1 aromatic heterocycles. The van der Waals surface area contributed by atoms with Crippen molar-refractivity contribution in [1.29, 1.82) is 5.41 Å². The highest BCUT2D eigenvalue weighted by atomic mass is 15.2. The van der Waals surface area contributed by atoms with Crippen molar-refractivity contribution in [2.75, 3.05) is 11.4 Å². The van der Waals surface area contributed by atoms with Gasteiger partial charge in [0.1, 0.15) is 11.7 Å². The number of nitrogens with one attached hydrogen (secondary N) is 1. The van der Waals surface area contributed by atoms with Crippen molar-refractivity contribution in [3.63, 3.8) is 0 Å². The molecule has 1 aromatic carbocycles. The van der Waals surface area contributed by atoms with Crippen LogP contribution in [0, 0.1) is 19.3 Å². The van der Waals surface area contributed by atoms with E-state index in [1.807, 2.05) is 19.1 Å². The van der Waals surface area contributed by atoms with Gasteiger partial charge in [-0.1, -0.05) is 17.7 Å². The lowest BCUT2D eigenvalue weighted by Gasteiger charge is -2.24. The first-order valence-corrected chi connectivity index (χ1v) is 6.69. The lowest BCUT2D eigenvalue weighted by Crippen LogP contribution is -2.23. The van der Waals surface area contributed by atoms with Crippen molar-refractivity contribution in [2.45, 2.75) is 20.8 Å². The molecule has 1 heterocycles. The number of nitrogens with two attached hydrogens (primary N) is 1. The Labute approximate surface area is 119 Å². The van der Waals surface area contributed by atoms with Crippen LogP contribution >= 0.6 is 0 Å². The Hall–Kier alpha value is -2.36. The van der Waals surface area contributed by atoms with Gasteiger partial charge in [-0.05, 0) is 45.0 Å². The molecule has 2 aromatic rings. The minimum absolute atomic E-state index is 0.0399. The number of benzene rings is 1. The lowest BCUT2D eigenvalue weighted by molar-refractivity contribution is 0.975. The smallest absolute Gasteiger partial charge is 0.144 e. The molecule has 3 N–H and O–H groups in total. The molecule has 0 unspecified atom stereocenters. The fourth-order valence-electron chi connectivity index (χ4n) is 2.14. The fourth-order valence-corrected chi connectivity index (χ4v) is 2.14. The molecule has 4 heteroatoms. The highest BCUT2D eigenvalue weighted by Gasteiger charge is 2.15. The summed E-state index contributed by atoms with van der Waals surface area (Å²) in [5.41, 5.74) is 9.52. The maximum absolute atomic E-state index is 7.72. The SMILES string of the molecule is CCN(c1ccc(C)cc1)c1nc(C)ccc1C(=N)N. The maximum atomic E-state index is 7.72. The monoisotopic (exact) mass is 268 g/mol. The first-order chi connectivity index (χ1) is 9.52. The zero-order valence-corrected chi connectivity index (χ0v) is 12.1. The molecule has 0 fully saturated rings. The topological polar surface area (TPSA) is 66.0 Å². The average molecular weight is 268 g/mol. The molecule has 0 saturated heterocycles. The van der Waals surface area contributed by atoms with Crippen LogP contribution in [0.2, 0.25) is 0 Å². The Kier molecular flexibility index (Phi) is 4.03. The standard InChI is InChI=1S/C16H20N4/c1-4-20(13-8-5-11(2)6-9-13)16-14(15(17)18)10-7-12(3)19-16/h5-10H,4H2,1-3H3,(H3,17,18). The van der Waals surface area contributed by atoms with Crippen molar-refractivity contribution in [2.24, 2.45) is 5.73 Å². The average Bonchev–Trinajstić information content (AvgIpc) is 2.41. The van der Waals surface area contributed by atoms with Gasteiger partial charge in [-0.15, -0.1) is 0 Å². The van der Waals surface area contributed by atoms with Crippen LogP contribution in [0.1, 0.15) is 23.7 Å². The van der Waals surface area contributed by atoms with Gasteiger partial charge >= 0.3 is 0 Å². The predicted molar refractivity (Wildman–Crippen MR) is 83.8 cm³/mol. The third kappa shape index (κ3) is 2.79. The second kappa shape index (κ2) is 5.74. The van der Waals surface area contributed by atoms with Gasteiger partial charge in [-0.25, -0.2) is 4.98 Å². The Morgan fingerprint density at radius 3 is 2.35 bits per heavy atom. The summed E-state index contributed by atoms with van der Waals surface area (Å²) in [6.45, 7) is 6.83. The Bertz CT molecular complexity index is 617. The number of rotatable bonds is 4. The van der Waals surface area contributed by atoms with Crippen LogP contribution in [-0.4, -0.2) is 17.4 Å². The van der Waals surface area contributed by atoms with Gasteiger partial charge in [-0.3, -0.25) is 5.41 Å². The number of anilines is 2. The van der Waals surface area contributed by atoms with Gasteiger partial charge in [0.05, 0.1) is 5.56 Å². The molecule has 0 amide bonds. The number of hydrogen-bond acceptors (Lipinski definition) is 3. The van der Waals surface area contributed by atoms with Gasteiger partial charge in [0, 0.05) is 17.9 Å². The third-order valence-corrected chi connectivity index (χ3v) is 3.22. The van der Waals surface area contributed by atoms with E-state index in [1.54, 1.807) is 0 Å². The molecule has 0 radical (unpaired) electrons. The summed E-state index contributed by atoms with van der Waals surface area (Å²) in [6.07, 6.45) is 0. The fraction of sp³-hybridized carbons (Fsp3) is 0.250. The molecule has 0 atom stereocenters. The van der Waals surface area contributed by atoms with E-state index in [0.29, 0.717) is 5.56 Å². The molecular formula is C16H20N4. The molecule has 0 saturated carbocycles. The molecule has 0 aliphatic rings. The van der Waals surface area contributed by atoms with E-state index >= 15 is 0 Å². The van der Waals surface area contributed by atoms with E-state index in [0.717, 1.165) is 23.7 Å². The molecule has 0 aliphatic carbocycles. The molecule has 4 nitrogen and oxygen atoms in total. The van der Waals surface area contributed by atoms with Gasteiger partial charge in [0.2, 0.25) is 0 Å². The molecule has 0 aliphatic heterocycles. The summed E-state index contributed by atoms with van der Waals surface area (Å²) < 4.78 is 0. The van der Waals surface area contributed by atoms with E-state index < -0.39 is 0 Å². The second-order valence-corrected chi connectivity index (χ2v) is 4.82. The van der Waals surface area contributed by atoms with Gasteiger partial charge in [-0.2, -0.15) is 0 Å². The van der Waals surface area contributed by atoms with Crippen LogP contribution < -0.4 is 10.6 Å². The number of amidine groups is 1. The van der Waals surface area contributed by atoms with Crippen molar-refractivity contribution < 1.29 is 0 Å². The molecule has 104 valence electrons. The van der Waals surface area contributed by atoms with E-state index in [4.69, 9.17) is 11.1 Å². The molecule has 2 rings (SSSR count). The van der Waals surface area contributed by atoms with E-state index in [9.17, 15) is 0 Å². The molecule has 0 bridgehead atoms. The minimum atomic E-state index is 0.0399. The molecular weight excluding hydrogens is 248 g/mol. The maximum Gasteiger partial charge on any atom is 0.144 e. The van der Waals surface area contributed by atoms with E-state index in [1.165, 1.54) is 5.56 Å². The minimum Gasteiger partial charge on any atom is -0.384 e. The van der Waals surface area contributed by atoms with Crippen molar-refractivity contribution >= 4 is 17.3 Å². The van der Waals surface area contributed by atoms with E-state index in [-0.39, 0.29) is 5.84 Å². The zero-order valence-electron chi connectivity index (χ0n) is 12.1. The van der Waals surface area contributed by atoms with Crippen molar-refractivity contribution in [3.05, 3.63) is 53.2 Å². The van der Waals surface area contributed by atoms with Crippen LogP contribution in [-0.2, 0) is 0 Å².